The molecule has 0 aliphatic heterocycles. The highest BCUT2D eigenvalue weighted by molar-refractivity contribution is 7.09. The number of nitrogens with zero attached hydrogens (tertiary/aromatic N) is 1. The topological polar surface area (TPSA) is 15.3 Å². The van der Waals surface area contributed by atoms with E-state index in [1.54, 1.807) is 0 Å². The lowest BCUT2D eigenvalue weighted by atomic mass is 10.3. The Morgan fingerprint density at radius 2 is 2.29 bits per heavy atom. The van der Waals surface area contributed by atoms with Crippen LogP contribution in [0.4, 0.5) is 0 Å². The van der Waals surface area contributed by atoms with Crippen molar-refractivity contribution >= 4 is 11.3 Å². The molecule has 3 heteroatoms. The molecule has 0 saturated heterocycles. The van der Waals surface area contributed by atoms with E-state index in [2.05, 4.69) is 41.7 Å². The van der Waals surface area contributed by atoms with Crippen molar-refractivity contribution in [3.05, 3.63) is 22.4 Å². The second-order valence-corrected chi connectivity index (χ2v) is 4.51. The number of thiophene rings is 1. The molecule has 0 radical (unpaired) electrons. The zero-order valence-corrected chi connectivity index (χ0v) is 9.94. The van der Waals surface area contributed by atoms with Gasteiger partial charge in [0.25, 0.3) is 0 Å². The fourth-order valence-electron chi connectivity index (χ4n) is 1.22. The molecule has 0 aliphatic rings. The van der Waals surface area contributed by atoms with Crippen LogP contribution in [0.25, 0.3) is 0 Å². The third-order valence-electron chi connectivity index (χ3n) is 2.34. The minimum atomic E-state index is 1.09. The Morgan fingerprint density at radius 1 is 1.43 bits per heavy atom. The van der Waals surface area contributed by atoms with Crippen molar-refractivity contribution < 1.29 is 0 Å². The average molecular weight is 212 g/mol. The first-order valence-electron chi connectivity index (χ1n) is 5.24. The van der Waals surface area contributed by atoms with Crippen molar-refractivity contribution in [2.45, 2.75) is 13.3 Å². The number of hydrogen-bond acceptors (Lipinski definition) is 3. The lowest BCUT2D eigenvalue weighted by Crippen LogP contribution is -2.30. The third kappa shape index (κ3) is 4.74. The Balaban J connectivity index is 1.95. The highest BCUT2D eigenvalue weighted by Gasteiger charge is 1.95. The largest absolute Gasteiger partial charge is 0.315 e. The fraction of sp³-hybridized carbons (Fsp3) is 0.636. The molecule has 80 valence electrons. The molecule has 0 aliphatic carbocycles. The molecule has 0 saturated carbocycles. The Kier molecular flexibility index (Phi) is 5.83. The van der Waals surface area contributed by atoms with E-state index in [1.807, 2.05) is 11.3 Å². The molecule has 0 fully saturated rings. The monoisotopic (exact) mass is 212 g/mol. The highest BCUT2D eigenvalue weighted by atomic mass is 32.1. The maximum absolute atomic E-state index is 3.45. The molecule has 1 N–H and O–H groups in total. The van der Waals surface area contributed by atoms with E-state index in [0.717, 1.165) is 32.6 Å². The van der Waals surface area contributed by atoms with Crippen molar-refractivity contribution in [1.82, 2.24) is 10.2 Å². The van der Waals surface area contributed by atoms with Gasteiger partial charge < -0.3 is 10.2 Å². The predicted octanol–water partition coefficient (Wildman–Crippen LogP) is 1.83. The quantitative estimate of drug-likeness (QED) is 0.694. The van der Waals surface area contributed by atoms with E-state index in [9.17, 15) is 0 Å². The standard InChI is InChI=1S/C11H20N2S/c1-3-13(2)9-8-12-7-6-11-5-4-10-14-11/h4-5,10,12H,3,6-9H2,1-2H3. The summed E-state index contributed by atoms with van der Waals surface area (Å²) in [7, 11) is 2.15. The van der Waals surface area contributed by atoms with E-state index in [0.29, 0.717) is 0 Å². The molecule has 1 aromatic rings. The van der Waals surface area contributed by atoms with Gasteiger partial charge in [-0.25, -0.2) is 0 Å². The number of nitrogens with one attached hydrogen (secondary N) is 1. The first kappa shape index (κ1) is 11.7. The molecular formula is C11H20N2S. The van der Waals surface area contributed by atoms with Gasteiger partial charge in [0.2, 0.25) is 0 Å². The molecular weight excluding hydrogens is 192 g/mol. The van der Waals surface area contributed by atoms with E-state index in [-0.39, 0.29) is 0 Å². The zero-order valence-electron chi connectivity index (χ0n) is 9.12. The Bertz CT molecular complexity index is 221. The van der Waals surface area contributed by atoms with Crippen LogP contribution >= 0.6 is 11.3 Å². The molecule has 0 bridgehead atoms. The molecule has 0 amide bonds. The van der Waals surface area contributed by atoms with Gasteiger partial charge in [0, 0.05) is 24.5 Å². The summed E-state index contributed by atoms with van der Waals surface area (Å²) >= 11 is 1.84. The zero-order chi connectivity index (χ0) is 10.2. The van der Waals surface area contributed by atoms with Gasteiger partial charge in [-0.15, -0.1) is 11.3 Å². The number of likely N-dealkylation sites (N-methyl/N-ethyl adjacent to an activating group) is 1. The van der Waals surface area contributed by atoms with Gasteiger partial charge in [-0.3, -0.25) is 0 Å². The summed E-state index contributed by atoms with van der Waals surface area (Å²) < 4.78 is 0. The van der Waals surface area contributed by atoms with Crippen molar-refractivity contribution in [3.8, 4) is 0 Å². The molecule has 2 nitrogen and oxygen atoms in total. The van der Waals surface area contributed by atoms with Gasteiger partial charge in [-0.1, -0.05) is 13.0 Å². The summed E-state index contributed by atoms with van der Waals surface area (Å²) in [5.41, 5.74) is 0. The second kappa shape index (κ2) is 6.98. The Morgan fingerprint density at radius 3 is 2.93 bits per heavy atom. The molecule has 0 unspecified atom stereocenters. The van der Waals surface area contributed by atoms with E-state index >= 15 is 0 Å². The highest BCUT2D eigenvalue weighted by Crippen LogP contribution is 2.07. The average Bonchev–Trinajstić information content (AvgIpc) is 2.69. The minimum absolute atomic E-state index is 1.09. The molecule has 0 aromatic carbocycles. The van der Waals surface area contributed by atoms with Crippen LogP contribution in [0.2, 0.25) is 0 Å². The van der Waals surface area contributed by atoms with Crippen LogP contribution in [0.3, 0.4) is 0 Å². The Labute approximate surface area is 90.9 Å². The fourth-order valence-corrected chi connectivity index (χ4v) is 1.93. The van der Waals surface area contributed by atoms with Crippen LogP contribution < -0.4 is 5.32 Å². The van der Waals surface area contributed by atoms with Gasteiger partial charge in [0.1, 0.15) is 0 Å². The van der Waals surface area contributed by atoms with Crippen LogP contribution in [0.1, 0.15) is 11.8 Å². The molecule has 1 rings (SSSR count). The lowest BCUT2D eigenvalue weighted by molar-refractivity contribution is 0.350. The molecule has 14 heavy (non-hydrogen) atoms. The number of rotatable bonds is 7. The normalized spacial score (nSPS) is 11.1. The smallest absolute Gasteiger partial charge is 0.0104 e. The van der Waals surface area contributed by atoms with E-state index < -0.39 is 0 Å². The summed E-state index contributed by atoms with van der Waals surface area (Å²) in [6, 6.07) is 4.31. The van der Waals surface area contributed by atoms with Gasteiger partial charge in [0.05, 0.1) is 0 Å². The maximum atomic E-state index is 3.45. The van der Waals surface area contributed by atoms with E-state index in [1.165, 1.54) is 4.88 Å². The molecule has 0 atom stereocenters. The third-order valence-corrected chi connectivity index (χ3v) is 3.27. The first-order chi connectivity index (χ1) is 6.83. The lowest BCUT2D eigenvalue weighted by Gasteiger charge is -2.13. The SMILES string of the molecule is CCN(C)CCNCCc1cccs1. The van der Waals surface area contributed by atoms with Crippen molar-refractivity contribution in [2.75, 3.05) is 33.2 Å². The summed E-state index contributed by atoms with van der Waals surface area (Å²) in [6.07, 6.45) is 1.16. The summed E-state index contributed by atoms with van der Waals surface area (Å²) in [6.45, 7) is 6.65. The van der Waals surface area contributed by atoms with Gasteiger partial charge in [-0.05, 0) is 31.5 Å². The van der Waals surface area contributed by atoms with Crippen molar-refractivity contribution in [2.24, 2.45) is 0 Å². The number of hydrogen-bond donors (Lipinski definition) is 1. The Hall–Kier alpha value is -0.380. The molecule has 1 heterocycles. The van der Waals surface area contributed by atoms with Crippen molar-refractivity contribution in [1.29, 1.82) is 0 Å². The summed E-state index contributed by atoms with van der Waals surface area (Å²) in [5.74, 6) is 0. The minimum Gasteiger partial charge on any atom is -0.315 e. The van der Waals surface area contributed by atoms with E-state index in [4.69, 9.17) is 0 Å². The maximum Gasteiger partial charge on any atom is 0.0104 e. The molecule has 0 spiro atoms. The summed E-state index contributed by atoms with van der Waals surface area (Å²) in [5, 5.41) is 5.59. The van der Waals surface area contributed by atoms with Crippen LogP contribution in [0, 0.1) is 0 Å². The van der Waals surface area contributed by atoms with Crippen LogP contribution in [-0.4, -0.2) is 38.1 Å². The van der Waals surface area contributed by atoms with Crippen LogP contribution in [0.15, 0.2) is 17.5 Å². The van der Waals surface area contributed by atoms with Crippen LogP contribution in [0.5, 0.6) is 0 Å². The van der Waals surface area contributed by atoms with Crippen molar-refractivity contribution in [3.63, 3.8) is 0 Å². The summed E-state index contributed by atoms with van der Waals surface area (Å²) in [4.78, 5) is 3.79. The first-order valence-corrected chi connectivity index (χ1v) is 6.12. The van der Waals surface area contributed by atoms with Gasteiger partial charge >= 0.3 is 0 Å². The molecule has 1 aromatic heterocycles. The van der Waals surface area contributed by atoms with Gasteiger partial charge in [0.15, 0.2) is 0 Å². The van der Waals surface area contributed by atoms with Crippen LogP contribution in [-0.2, 0) is 6.42 Å². The second-order valence-electron chi connectivity index (χ2n) is 3.48. The van der Waals surface area contributed by atoms with Gasteiger partial charge in [-0.2, -0.15) is 0 Å². The predicted molar refractivity (Wildman–Crippen MR) is 64.1 cm³/mol.